The van der Waals surface area contributed by atoms with E-state index in [1.807, 2.05) is 30.5 Å². The number of ether oxygens (including phenoxy) is 2. The van der Waals surface area contributed by atoms with Crippen molar-refractivity contribution in [3.63, 3.8) is 0 Å². The first kappa shape index (κ1) is 16.9. The number of nitrogens with zero attached hydrogens (tertiary/aromatic N) is 1. The molecule has 1 N–H and O–H groups in total. The van der Waals surface area contributed by atoms with Gasteiger partial charge in [-0.1, -0.05) is 30.0 Å². The molecule has 8 heteroatoms. The molecule has 3 rings (SSSR count). The zero-order valence-corrected chi connectivity index (χ0v) is 15.4. The third-order valence-corrected chi connectivity index (χ3v) is 5.15. The highest BCUT2D eigenvalue weighted by atomic mass is 32.2. The second-order valence-electron chi connectivity index (χ2n) is 4.91. The van der Waals surface area contributed by atoms with Crippen molar-refractivity contribution in [3.8, 4) is 11.5 Å². The minimum atomic E-state index is -0.178. The molecule has 2 aromatic rings. The Kier molecular flexibility index (Phi) is 5.17. The maximum absolute atomic E-state index is 11.7. The number of carbonyl (C=O) groups is 1. The van der Waals surface area contributed by atoms with Crippen LogP contribution in [-0.4, -0.2) is 22.3 Å². The van der Waals surface area contributed by atoms with Gasteiger partial charge in [0.05, 0.1) is 22.7 Å². The fourth-order valence-electron chi connectivity index (χ4n) is 2.09. The molecule has 24 heavy (non-hydrogen) atoms. The zero-order chi connectivity index (χ0) is 17.1. The van der Waals surface area contributed by atoms with E-state index >= 15 is 0 Å². The summed E-state index contributed by atoms with van der Waals surface area (Å²) in [5.74, 6) is 1.05. The zero-order valence-electron chi connectivity index (χ0n) is 13.0. The number of hydrogen-bond donors (Lipinski definition) is 1. The van der Waals surface area contributed by atoms with Crippen LogP contribution in [0.25, 0.3) is 6.08 Å². The number of thiazole rings is 1. The number of aryl methyl sites for hydroxylation is 1. The van der Waals surface area contributed by atoms with Crippen molar-refractivity contribution in [2.45, 2.75) is 13.5 Å². The summed E-state index contributed by atoms with van der Waals surface area (Å²) in [6.07, 6.45) is 1.77. The van der Waals surface area contributed by atoms with E-state index in [0.29, 0.717) is 27.3 Å². The predicted octanol–water partition coefficient (Wildman–Crippen LogP) is 3.53. The number of methoxy groups -OCH3 is 1. The van der Waals surface area contributed by atoms with Crippen LogP contribution in [0.4, 0.5) is 0 Å². The second kappa shape index (κ2) is 7.33. The van der Waals surface area contributed by atoms with E-state index in [4.69, 9.17) is 21.7 Å². The SMILES string of the molecule is COc1cc(/C=C2\SC(=S)NC2=O)ccc1OCc1csc(C)n1. The number of carbonyl (C=O) groups excluding carboxylic acids is 1. The van der Waals surface area contributed by atoms with E-state index < -0.39 is 0 Å². The van der Waals surface area contributed by atoms with E-state index in [-0.39, 0.29) is 5.91 Å². The van der Waals surface area contributed by atoms with Crippen molar-refractivity contribution in [2.75, 3.05) is 7.11 Å². The summed E-state index contributed by atoms with van der Waals surface area (Å²) in [5.41, 5.74) is 1.73. The number of nitrogens with one attached hydrogen (secondary N) is 1. The van der Waals surface area contributed by atoms with Crippen LogP contribution in [0, 0.1) is 6.92 Å². The summed E-state index contributed by atoms with van der Waals surface area (Å²) >= 11 is 7.82. The largest absolute Gasteiger partial charge is 0.493 e. The van der Waals surface area contributed by atoms with Crippen LogP contribution in [-0.2, 0) is 11.4 Å². The van der Waals surface area contributed by atoms with E-state index in [1.54, 1.807) is 24.5 Å². The molecule has 0 atom stereocenters. The van der Waals surface area contributed by atoms with Crippen LogP contribution >= 0.6 is 35.3 Å². The van der Waals surface area contributed by atoms with Gasteiger partial charge in [0, 0.05) is 5.38 Å². The van der Waals surface area contributed by atoms with Gasteiger partial charge in [0.25, 0.3) is 5.91 Å². The Morgan fingerprint density at radius 2 is 2.21 bits per heavy atom. The summed E-state index contributed by atoms with van der Waals surface area (Å²) in [4.78, 5) is 16.7. The standard InChI is InChI=1S/C16H14N2O3S3/c1-9-17-11(8-23-9)7-21-12-4-3-10(5-13(12)20-2)6-14-15(19)18-16(22)24-14/h3-6,8H,7H2,1-2H3,(H,18,19,22)/b14-6-. The molecule has 1 fully saturated rings. The predicted molar refractivity (Wildman–Crippen MR) is 100 cm³/mol. The highest BCUT2D eigenvalue weighted by molar-refractivity contribution is 8.26. The fourth-order valence-corrected chi connectivity index (χ4v) is 3.73. The van der Waals surface area contributed by atoms with Gasteiger partial charge in [-0.3, -0.25) is 4.79 Å². The van der Waals surface area contributed by atoms with Crippen LogP contribution in [0.15, 0.2) is 28.5 Å². The third-order valence-electron chi connectivity index (χ3n) is 3.17. The third kappa shape index (κ3) is 3.95. The normalized spacial score (nSPS) is 15.7. The van der Waals surface area contributed by atoms with Crippen LogP contribution in [0.1, 0.15) is 16.3 Å². The van der Waals surface area contributed by atoms with Crippen molar-refractivity contribution in [1.82, 2.24) is 10.3 Å². The van der Waals surface area contributed by atoms with Crippen molar-refractivity contribution >= 4 is 51.6 Å². The molecule has 1 aromatic carbocycles. The lowest BCUT2D eigenvalue weighted by molar-refractivity contribution is -0.115. The average molecular weight is 379 g/mol. The quantitative estimate of drug-likeness (QED) is 0.634. The Hall–Kier alpha value is -1.90. The van der Waals surface area contributed by atoms with Gasteiger partial charge >= 0.3 is 0 Å². The highest BCUT2D eigenvalue weighted by Gasteiger charge is 2.22. The van der Waals surface area contributed by atoms with Gasteiger partial charge in [0.15, 0.2) is 11.5 Å². The first-order valence-electron chi connectivity index (χ1n) is 7.02. The lowest BCUT2D eigenvalue weighted by Crippen LogP contribution is -2.17. The first-order valence-corrected chi connectivity index (χ1v) is 9.12. The Morgan fingerprint density at radius 1 is 1.38 bits per heavy atom. The molecule has 1 saturated heterocycles. The maximum atomic E-state index is 11.7. The van der Waals surface area contributed by atoms with E-state index in [1.165, 1.54) is 11.8 Å². The van der Waals surface area contributed by atoms with Gasteiger partial charge in [-0.15, -0.1) is 11.3 Å². The van der Waals surface area contributed by atoms with E-state index in [0.717, 1.165) is 16.3 Å². The first-order chi connectivity index (χ1) is 11.5. The molecule has 1 aromatic heterocycles. The molecule has 1 amide bonds. The van der Waals surface area contributed by atoms with Crippen LogP contribution in [0.5, 0.6) is 11.5 Å². The van der Waals surface area contributed by atoms with Gasteiger partial charge in [-0.05, 0) is 30.7 Å². The molecular formula is C16H14N2O3S3. The molecule has 0 aliphatic carbocycles. The fraction of sp³-hybridized carbons (Fsp3) is 0.188. The van der Waals surface area contributed by atoms with Crippen molar-refractivity contribution < 1.29 is 14.3 Å². The minimum absolute atomic E-state index is 0.178. The van der Waals surface area contributed by atoms with E-state index in [9.17, 15) is 4.79 Å². The lowest BCUT2D eigenvalue weighted by atomic mass is 10.2. The number of benzene rings is 1. The molecular weight excluding hydrogens is 364 g/mol. The smallest absolute Gasteiger partial charge is 0.263 e. The number of thiocarbonyl (C=S) groups is 1. The van der Waals surface area contributed by atoms with Gasteiger partial charge in [-0.25, -0.2) is 4.98 Å². The molecule has 1 aliphatic heterocycles. The molecule has 0 radical (unpaired) electrons. The Labute approximate surface area is 153 Å². The molecule has 0 spiro atoms. The van der Waals surface area contributed by atoms with Gasteiger partial charge < -0.3 is 14.8 Å². The maximum Gasteiger partial charge on any atom is 0.263 e. The van der Waals surface area contributed by atoms with Crippen LogP contribution < -0.4 is 14.8 Å². The van der Waals surface area contributed by atoms with E-state index in [2.05, 4.69) is 10.3 Å². The minimum Gasteiger partial charge on any atom is -0.493 e. The molecule has 2 heterocycles. The topological polar surface area (TPSA) is 60.5 Å². The Bertz CT molecular complexity index is 830. The molecule has 1 aliphatic rings. The lowest BCUT2D eigenvalue weighted by Gasteiger charge is -2.10. The number of amides is 1. The van der Waals surface area contributed by atoms with Crippen LogP contribution in [0.3, 0.4) is 0 Å². The highest BCUT2D eigenvalue weighted by Crippen LogP contribution is 2.32. The summed E-state index contributed by atoms with van der Waals surface area (Å²) in [6.45, 7) is 2.34. The number of rotatable bonds is 5. The van der Waals surface area contributed by atoms with Crippen molar-refractivity contribution in [2.24, 2.45) is 0 Å². The molecule has 0 unspecified atom stereocenters. The number of thioether (sulfide) groups is 1. The summed E-state index contributed by atoms with van der Waals surface area (Å²) in [5, 5.41) is 5.57. The summed E-state index contributed by atoms with van der Waals surface area (Å²) in [6, 6.07) is 5.51. The summed E-state index contributed by atoms with van der Waals surface area (Å²) in [7, 11) is 1.58. The van der Waals surface area contributed by atoms with Crippen LogP contribution in [0.2, 0.25) is 0 Å². The Morgan fingerprint density at radius 3 is 2.83 bits per heavy atom. The summed E-state index contributed by atoms with van der Waals surface area (Å²) < 4.78 is 11.6. The van der Waals surface area contributed by atoms with Gasteiger partial charge in [0.2, 0.25) is 0 Å². The molecule has 0 bridgehead atoms. The van der Waals surface area contributed by atoms with Gasteiger partial charge in [0.1, 0.15) is 10.9 Å². The molecule has 0 saturated carbocycles. The average Bonchev–Trinajstić information content (AvgIpc) is 3.11. The monoisotopic (exact) mass is 378 g/mol. The molecule has 124 valence electrons. The second-order valence-corrected chi connectivity index (χ2v) is 7.69. The molecule has 5 nitrogen and oxygen atoms in total. The van der Waals surface area contributed by atoms with Gasteiger partial charge in [-0.2, -0.15) is 0 Å². The Balaban J connectivity index is 1.76. The number of hydrogen-bond acceptors (Lipinski definition) is 7. The number of aromatic nitrogens is 1. The van der Waals surface area contributed by atoms with Crippen molar-refractivity contribution in [3.05, 3.63) is 44.7 Å². The van der Waals surface area contributed by atoms with Crippen molar-refractivity contribution in [1.29, 1.82) is 0 Å².